The topological polar surface area (TPSA) is 38.8 Å². The molecule has 0 unspecified atom stereocenters. The molecule has 0 aromatic heterocycles. The second-order valence-corrected chi connectivity index (χ2v) is 4.39. The Kier molecular flexibility index (Phi) is 5.65. The lowest BCUT2D eigenvalue weighted by Crippen LogP contribution is -2.31. The van der Waals surface area contributed by atoms with Crippen LogP contribution in [-0.4, -0.2) is 38.2 Å². The van der Waals surface area contributed by atoms with Crippen LogP contribution in [-0.2, 0) is 16.1 Å². The second-order valence-electron chi connectivity index (χ2n) is 4.39. The molecule has 0 saturated heterocycles. The van der Waals surface area contributed by atoms with Gasteiger partial charge in [-0.05, 0) is 31.7 Å². The average molecular weight is 251 g/mol. The summed E-state index contributed by atoms with van der Waals surface area (Å²) in [5.74, 6) is 0.674. The summed E-state index contributed by atoms with van der Waals surface area (Å²) < 4.78 is 9.78. The quantitative estimate of drug-likeness (QED) is 0.726. The molecule has 4 heteroatoms. The van der Waals surface area contributed by atoms with Gasteiger partial charge in [0.25, 0.3) is 0 Å². The molecule has 0 fully saturated rings. The number of esters is 1. The van der Waals surface area contributed by atoms with Gasteiger partial charge in [-0.2, -0.15) is 0 Å². The predicted molar refractivity (Wildman–Crippen MR) is 70.6 cm³/mol. The molecule has 0 radical (unpaired) electrons. The molecule has 1 aromatic carbocycles. The Bertz CT molecular complexity index is 375. The van der Waals surface area contributed by atoms with Gasteiger partial charge in [0.2, 0.25) is 0 Å². The number of carbonyl (C=O) groups is 1. The van der Waals surface area contributed by atoms with Gasteiger partial charge in [0.1, 0.15) is 5.75 Å². The Balaban J connectivity index is 2.52. The highest BCUT2D eigenvalue weighted by molar-refractivity contribution is 5.69. The SMILES string of the molecule is COC(=O)C[C@@H](C)N(C)Cc1ccc(OC)cc1. The van der Waals surface area contributed by atoms with Crippen molar-refractivity contribution < 1.29 is 14.3 Å². The Morgan fingerprint density at radius 1 is 1.28 bits per heavy atom. The molecule has 100 valence electrons. The van der Waals surface area contributed by atoms with Crippen LogP contribution in [0.2, 0.25) is 0 Å². The van der Waals surface area contributed by atoms with Crippen LogP contribution in [0, 0.1) is 0 Å². The Morgan fingerprint density at radius 3 is 2.39 bits per heavy atom. The molecule has 4 nitrogen and oxygen atoms in total. The first-order chi connectivity index (χ1) is 8.56. The van der Waals surface area contributed by atoms with Crippen molar-refractivity contribution in [3.05, 3.63) is 29.8 Å². The standard InChI is InChI=1S/C14H21NO3/c1-11(9-14(16)18-4)15(2)10-12-5-7-13(17-3)8-6-12/h5-8,11H,9-10H2,1-4H3/t11-/m1/s1. The molecule has 0 bridgehead atoms. The Morgan fingerprint density at radius 2 is 1.89 bits per heavy atom. The number of benzene rings is 1. The van der Waals surface area contributed by atoms with Crippen molar-refractivity contribution in [1.82, 2.24) is 4.90 Å². The molecule has 0 N–H and O–H groups in total. The molecule has 0 amide bonds. The number of nitrogens with zero attached hydrogens (tertiary/aromatic N) is 1. The molecule has 0 aliphatic heterocycles. The second kappa shape index (κ2) is 7.01. The molecular weight excluding hydrogens is 230 g/mol. The predicted octanol–water partition coefficient (Wildman–Crippen LogP) is 2.08. The summed E-state index contributed by atoms with van der Waals surface area (Å²) in [6.07, 6.45) is 0.406. The van der Waals surface area contributed by atoms with E-state index in [0.717, 1.165) is 12.3 Å². The molecule has 1 aromatic rings. The number of hydrogen-bond acceptors (Lipinski definition) is 4. The van der Waals surface area contributed by atoms with E-state index in [2.05, 4.69) is 9.64 Å². The Hall–Kier alpha value is -1.55. The van der Waals surface area contributed by atoms with E-state index in [9.17, 15) is 4.79 Å². The molecule has 1 rings (SSSR count). The summed E-state index contributed by atoms with van der Waals surface area (Å²) >= 11 is 0. The minimum Gasteiger partial charge on any atom is -0.497 e. The van der Waals surface area contributed by atoms with Crippen LogP contribution in [0.25, 0.3) is 0 Å². The van der Waals surface area contributed by atoms with Crippen molar-refractivity contribution in [2.45, 2.75) is 25.9 Å². The van der Waals surface area contributed by atoms with Crippen molar-refractivity contribution >= 4 is 5.97 Å². The lowest BCUT2D eigenvalue weighted by molar-refractivity contribution is -0.141. The highest BCUT2D eigenvalue weighted by Crippen LogP contribution is 2.14. The minimum absolute atomic E-state index is 0.152. The third-order valence-electron chi connectivity index (χ3n) is 3.03. The van der Waals surface area contributed by atoms with Gasteiger partial charge in [0, 0.05) is 12.6 Å². The zero-order valence-corrected chi connectivity index (χ0v) is 11.5. The first kappa shape index (κ1) is 14.5. The van der Waals surface area contributed by atoms with Crippen LogP contribution in [0.4, 0.5) is 0 Å². The molecule has 0 saturated carbocycles. The maximum Gasteiger partial charge on any atom is 0.307 e. The smallest absolute Gasteiger partial charge is 0.307 e. The lowest BCUT2D eigenvalue weighted by Gasteiger charge is -2.23. The summed E-state index contributed by atoms with van der Waals surface area (Å²) in [6, 6.07) is 8.09. The summed E-state index contributed by atoms with van der Waals surface area (Å²) in [5.41, 5.74) is 1.19. The van der Waals surface area contributed by atoms with Crippen LogP contribution in [0.3, 0.4) is 0 Å². The van der Waals surface area contributed by atoms with E-state index in [4.69, 9.17) is 4.74 Å². The molecule has 0 spiro atoms. The van der Waals surface area contributed by atoms with Crippen LogP contribution in [0.5, 0.6) is 5.75 Å². The number of rotatable bonds is 6. The molecular formula is C14H21NO3. The van der Waals surface area contributed by atoms with Gasteiger partial charge in [-0.15, -0.1) is 0 Å². The third kappa shape index (κ3) is 4.37. The summed E-state index contributed by atoms with van der Waals surface area (Å²) in [5, 5.41) is 0. The highest BCUT2D eigenvalue weighted by atomic mass is 16.5. The van der Waals surface area contributed by atoms with E-state index in [1.165, 1.54) is 12.7 Å². The normalized spacial score (nSPS) is 12.3. The van der Waals surface area contributed by atoms with Crippen molar-refractivity contribution in [1.29, 1.82) is 0 Å². The molecule has 0 heterocycles. The lowest BCUT2D eigenvalue weighted by atomic mass is 10.1. The maximum atomic E-state index is 11.2. The maximum absolute atomic E-state index is 11.2. The van der Waals surface area contributed by atoms with E-state index in [1.807, 2.05) is 38.2 Å². The fraction of sp³-hybridized carbons (Fsp3) is 0.500. The largest absolute Gasteiger partial charge is 0.497 e. The number of carbonyl (C=O) groups excluding carboxylic acids is 1. The van der Waals surface area contributed by atoms with Crippen LogP contribution < -0.4 is 4.74 Å². The molecule has 0 aliphatic rings. The van der Waals surface area contributed by atoms with Gasteiger partial charge >= 0.3 is 5.97 Å². The van der Waals surface area contributed by atoms with E-state index >= 15 is 0 Å². The summed E-state index contributed by atoms with van der Waals surface area (Å²) in [7, 11) is 5.07. The zero-order chi connectivity index (χ0) is 13.5. The summed E-state index contributed by atoms with van der Waals surface area (Å²) in [6.45, 7) is 2.81. The van der Waals surface area contributed by atoms with Crippen molar-refractivity contribution in [2.75, 3.05) is 21.3 Å². The van der Waals surface area contributed by atoms with Crippen molar-refractivity contribution in [3.8, 4) is 5.75 Å². The van der Waals surface area contributed by atoms with Gasteiger partial charge in [-0.25, -0.2) is 0 Å². The van der Waals surface area contributed by atoms with E-state index in [0.29, 0.717) is 6.42 Å². The number of methoxy groups -OCH3 is 2. The van der Waals surface area contributed by atoms with Gasteiger partial charge in [0.05, 0.1) is 20.6 Å². The fourth-order valence-corrected chi connectivity index (χ4v) is 1.66. The fourth-order valence-electron chi connectivity index (χ4n) is 1.66. The van der Waals surface area contributed by atoms with Crippen molar-refractivity contribution in [2.24, 2.45) is 0 Å². The van der Waals surface area contributed by atoms with E-state index in [1.54, 1.807) is 7.11 Å². The average Bonchev–Trinajstić information content (AvgIpc) is 2.39. The first-order valence-electron chi connectivity index (χ1n) is 5.96. The van der Waals surface area contributed by atoms with Gasteiger partial charge in [-0.3, -0.25) is 9.69 Å². The van der Waals surface area contributed by atoms with Crippen LogP contribution >= 0.6 is 0 Å². The highest BCUT2D eigenvalue weighted by Gasteiger charge is 2.14. The first-order valence-corrected chi connectivity index (χ1v) is 5.96. The number of ether oxygens (including phenoxy) is 2. The minimum atomic E-state index is -0.177. The molecule has 1 atom stereocenters. The molecule has 0 aliphatic carbocycles. The van der Waals surface area contributed by atoms with Crippen molar-refractivity contribution in [3.63, 3.8) is 0 Å². The monoisotopic (exact) mass is 251 g/mol. The van der Waals surface area contributed by atoms with E-state index < -0.39 is 0 Å². The van der Waals surface area contributed by atoms with Gasteiger partial charge in [0.15, 0.2) is 0 Å². The number of hydrogen-bond donors (Lipinski definition) is 0. The Labute approximate surface area is 108 Å². The molecule has 18 heavy (non-hydrogen) atoms. The van der Waals surface area contributed by atoms with Crippen LogP contribution in [0.15, 0.2) is 24.3 Å². The van der Waals surface area contributed by atoms with Gasteiger partial charge < -0.3 is 9.47 Å². The summed E-state index contributed by atoms with van der Waals surface area (Å²) in [4.78, 5) is 13.3. The zero-order valence-electron chi connectivity index (χ0n) is 11.5. The van der Waals surface area contributed by atoms with E-state index in [-0.39, 0.29) is 12.0 Å². The van der Waals surface area contributed by atoms with Crippen LogP contribution in [0.1, 0.15) is 18.9 Å². The third-order valence-corrected chi connectivity index (χ3v) is 3.03. The van der Waals surface area contributed by atoms with Gasteiger partial charge in [-0.1, -0.05) is 12.1 Å².